The van der Waals surface area contributed by atoms with Gasteiger partial charge in [-0.2, -0.15) is 0 Å². The zero-order valence-electron chi connectivity index (χ0n) is 13.1. The number of carbonyl (C=O) groups is 1. The summed E-state index contributed by atoms with van der Waals surface area (Å²) >= 11 is 0. The van der Waals surface area contributed by atoms with E-state index in [1.54, 1.807) is 25.0 Å². The lowest BCUT2D eigenvalue weighted by Crippen LogP contribution is -2.34. The minimum absolute atomic E-state index is 0.151. The van der Waals surface area contributed by atoms with Gasteiger partial charge in [0.15, 0.2) is 0 Å². The first-order valence-electron chi connectivity index (χ1n) is 7.29. The molecule has 7 heteroatoms. The van der Waals surface area contributed by atoms with Gasteiger partial charge in [-0.15, -0.1) is 5.10 Å². The highest BCUT2D eigenvalue weighted by molar-refractivity contribution is 5.78. The van der Waals surface area contributed by atoms with E-state index < -0.39 is 0 Å². The van der Waals surface area contributed by atoms with Crippen LogP contribution in [0.25, 0.3) is 10.9 Å². The number of aromatic nitrogens is 4. The quantitative estimate of drug-likeness (QED) is 0.795. The van der Waals surface area contributed by atoms with Crippen LogP contribution < -0.4 is 5.32 Å². The molecule has 118 valence electrons. The van der Waals surface area contributed by atoms with E-state index in [4.69, 9.17) is 0 Å². The van der Waals surface area contributed by atoms with Crippen LogP contribution in [0.3, 0.4) is 0 Å². The molecule has 1 aromatic carbocycles. The summed E-state index contributed by atoms with van der Waals surface area (Å²) in [6, 6.07) is 9.94. The predicted octanol–water partition coefficient (Wildman–Crippen LogP) is 1.65. The molecule has 23 heavy (non-hydrogen) atoms. The Balaban J connectivity index is 1.67. The minimum atomic E-state index is -0.151. The summed E-state index contributed by atoms with van der Waals surface area (Å²) in [6.07, 6.45) is 3.62. The maximum Gasteiger partial charge on any atom is 0.317 e. The third-order valence-corrected chi connectivity index (χ3v) is 3.42. The van der Waals surface area contributed by atoms with Crippen LogP contribution in [-0.4, -0.2) is 45.0 Å². The molecular weight excluding hydrogens is 292 g/mol. The number of amides is 2. The van der Waals surface area contributed by atoms with Crippen molar-refractivity contribution in [1.29, 1.82) is 0 Å². The van der Waals surface area contributed by atoms with Crippen molar-refractivity contribution in [3.8, 4) is 0 Å². The van der Waals surface area contributed by atoms with Gasteiger partial charge >= 0.3 is 6.03 Å². The van der Waals surface area contributed by atoms with Crippen LogP contribution in [-0.2, 0) is 13.1 Å². The summed E-state index contributed by atoms with van der Waals surface area (Å²) < 4.78 is 1.76. The van der Waals surface area contributed by atoms with Crippen molar-refractivity contribution >= 4 is 16.9 Å². The maximum absolute atomic E-state index is 11.5. The van der Waals surface area contributed by atoms with Gasteiger partial charge in [0.2, 0.25) is 0 Å². The van der Waals surface area contributed by atoms with E-state index in [1.807, 2.05) is 30.5 Å². The Kier molecular flexibility index (Phi) is 4.18. The van der Waals surface area contributed by atoms with Crippen molar-refractivity contribution < 1.29 is 4.79 Å². The number of nitrogens with one attached hydrogen (secondary N) is 1. The van der Waals surface area contributed by atoms with Crippen LogP contribution >= 0.6 is 0 Å². The molecule has 0 spiro atoms. The van der Waals surface area contributed by atoms with Crippen LogP contribution in [0, 0.1) is 0 Å². The van der Waals surface area contributed by atoms with Gasteiger partial charge in [0.05, 0.1) is 24.8 Å². The number of fused-ring (bicyclic) bond motifs is 1. The molecule has 0 fully saturated rings. The second kappa shape index (κ2) is 6.43. The molecule has 0 saturated heterocycles. The Labute approximate surface area is 133 Å². The Morgan fingerprint density at radius 2 is 2.17 bits per heavy atom. The average molecular weight is 310 g/mol. The van der Waals surface area contributed by atoms with Gasteiger partial charge in [-0.25, -0.2) is 9.48 Å². The van der Waals surface area contributed by atoms with Crippen LogP contribution in [0.1, 0.15) is 11.3 Å². The van der Waals surface area contributed by atoms with Gasteiger partial charge in [0.25, 0.3) is 0 Å². The number of carbonyl (C=O) groups excluding carboxylic acids is 1. The first-order valence-corrected chi connectivity index (χ1v) is 7.29. The molecule has 2 heterocycles. The van der Waals surface area contributed by atoms with E-state index in [9.17, 15) is 4.79 Å². The molecule has 0 aliphatic heterocycles. The van der Waals surface area contributed by atoms with E-state index in [0.717, 1.165) is 22.2 Å². The fourth-order valence-corrected chi connectivity index (χ4v) is 2.23. The van der Waals surface area contributed by atoms with Crippen molar-refractivity contribution in [3.63, 3.8) is 0 Å². The van der Waals surface area contributed by atoms with Crippen molar-refractivity contribution in [3.05, 3.63) is 54.0 Å². The SMILES string of the molecule is CN(C)C(=O)NCc1cn(Cc2ccc3ncccc3c2)nn1. The standard InChI is InChI=1S/C16H18N6O/c1-21(2)16(23)18-9-14-11-22(20-19-14)10-12-5-6-15-13(8-12)4-3-7-17-15/h3-8,11H,9-10H2,1-2H3,(H,18,23). The van der Waals surface area contributed by atoms with E-state index in [-0.39, 0.29) is 6.03 Å². The second-order valence-electron chi connectivity index (χ2n) is 5.49. The van der Waals surface area contributed by atoms with Gasteiger partial charge in [0.1, 0.15) is 5.69 Å². The summed E-state index contributed by atoms with van der Waals surface area (Å²) in [5.74, 6) is 0. The molecule has 3 rings (SSSR count). The Morgan fingerprint density at radius 1 is 1.30 bits per heavy atom. The number of hydrogen-bond acceptors (Lipinski definition) is 4. The van der Waals surface area contributed by atoms with Crippen molar-refractivity contribution in [2.24, 2.45) is 0 Å². The van der Waals surface area contributed by atoms with E-state index in [1.165, 1.54) is 4.90 Å². The number of urea groups is 1. The molecular formula is C16H18N6O. The summed E-state index contributed by atoms with van der Waals surface area (Å²) in [5.41, 5.74) is 2.82. The molecule has 0 aliphatic rings. The van der Waals surface area contributed by atoms with E-state index >= 15 is 0 Å². The number of nitrogens with zero attached hydrogens (tertiary/aromatic N) is 5. The van der Waals surface area contributed by atoms with Gasteiger partial charge in [-0.1, -0.05) is 17.3 Å². The monoisotopic (exact) mass is 310 g/mol. The first-order chi connectivity index (χ1) is 11.1. The second-order valence-corrected chi connectivity index (χ2v) is 5.49. The van der Waals surface area contributed by atoms with E-state index in [2.05, 4.69) is 26.7 Å². The molecule has 0 atom stereocenters. The highest BCUT2D eigenvalue weighted by atomic mass is 16.2. The van der Waals surface area contributed by atoms with Crippen LogP contribution in [0.2, 0.25) is 0 Å². The Morgan fingerprint density at radius 3 is 3.00 bits per heavy atom. The fourth-order valence-electron chi connectivity index (χ4n) is 2.23. The number of hydrogen-bond donors (Lipinski definition) is 1. The minimum Gasteiger partial charge on any atom is -0.332 e. The molecule has 2 amide bonds. The molecule has 0 saturated carbocycles. The normalized spacial score (nSPS) is 10.7. The lowest BCUT2D eigenvalue weighted by molar-refractivity contribution is 0.217. The number of rotatable bonds is 4. The maximum atomic E-state index is 11.5. The third kappa shape index (κ3) is 3.63. The van der Waals surface area contributed by atoms with Crippen LogP contribution in [0.5, 0.6) is 0 Å². The van der Waals surface area contributed by atoms with Gasteiger partial charge in [-0.3, -0.25) is 4.98 Å². The molecule has 0 unspecified atom stereocenters. The Bertz CT molecular complexity index is 826. The average Bonchev–Trinajstić information content (AvgIpc) is 2.99. The first kappa shape index (κ1) is 15.0. The molecule has 7 nitrogen and oxygen atoms in total. The number of pyridine rings is 1. The molecule has 1 N–H and O–H groups in total. The summed E-state index contributed by atoms with van der Waals surface area (Å²) in [5, 5.41) is 12.0. The molecule has 0 aliphatic carbocycles. The summed E-state index contributed by atoms with van der Waals surface area (Å²) in [7, 11) is 3.39. The number of benzene rings is 1. The topological polar surface area (TPSA) is 75.9 Å². The predicted molar refractivity (Wildman–Crippen MR) is 86.8 cm³/mol. The molecule has 0 bridgehead atoms. The van der Waals surface area contributed by atoms with Crippen molar-refractivity contribution in [1.82, 2.24) is 30.2 Å². The summed E-state index contributed by atoms with van der Waals surface area (Å²) in [4.78, 5) is 17.3. The zero-order valence-corrected chi connectivity index (χ0v) is 13.1. The summed E-state index contributed by atoms with van der Waals surface area (Å²) in [6.45, 7) is 0.984. The lowest BCUT2D eigenvalue weighted by Gasteiger charge is -2.10. The molecule has 3 aromatic rings. The highest BCUT2D eigenvalue weighted by Gasteiger charge is 2.06. The molecule has 0 radical (unpaired) electrons. The van der Waals surface area contributed by atoms with Crippen molar-refractivity contribution in [2.45, 2.75) is 13.1 Å². The smallest absolute Gasteiger partial charge is 0.317 e. The third-order valence-electron chi connectivity index (χ3n) is 3.42. The highest BCUT2D eigenvalue weighted by Crippen LogP contribution is 2.14. The van der Waals surface area contributed by atoms with Crippen LogP contribution in [0.4, 0.5) is 4.79 Å². The van der Waals surface area contributed by atoms with E-state index in [0.29, 0.717) is 13.1 Å². The van der Waals surface area contributed by atoms with Gasteiger partial charge in [0, 0.05) is 25.7 Å². The molecule has 2 aromatic heterocycles. The Hall–Kier alpha value is -2.96. The van der Waals surface area contributed by atoms with Gasteiger partial charge in [-0.05, 0) is 23.8 Å². The van der Waals surface area contributed by atoms with Crippen LogP contribution in [0.15, 0.2) is 42.7 Å². The fraction of sp³-hybridized carbons (Fsp3) is 0.250. The largest absolute Gasteiger partial charge is 0.332 e. The lowest BCUT2D eigenvalue weighted by atomic mass is 10.1. The van der Waals surface area contributed by atoms with Crippen molar-refractivity contribution in [2.75, 3.05) is 14.1 Å². The zero-order chi connectivity index (χ0) is 16.2. The van der Waals surface area contributed by atoms with Gasteiger partial charge < -0.3 is 10.2 Å².